The highest BCUT2D eigenvalue weighted by Gasteiger charge is 2.17. The zero-order valence-corrected chi connectivity index (χ0v) is 13.6. The number of hydrogen-bond donors (Lipinski definition) is 1. The van der Waals surface area contributed by atoms with E-state index in [1.807, 2.05) is 0 Å². The summed E-state index contributed by atoms with van der Waals surface area (Å²) in [7, 11) is 0. The Hall–Kier alpha value is -0.120. The average molecular weight is 269 g/mol. The Morgan fingerprint density at radius 1 is 1.00 bits per heavy atom. The van der Waals surface area contributed by atoms with Crippen LogP contribution in [0.15, 0.2) is 0 Å². The second kappa shape index (κ2) is 9.73. The molecule has 1 N–H and O–H groups in total. The SMILES string of the molecule is CCCNC(C)CCCCN1CCN(C(C)C)CC1. The van der Waals surface area contributed by atoms with Gasteiger partial charge in [-0.1, -0.05) is 13.3 Å². The maximum atomic E-state index is 3.57. The van der Waals surface area contributed by atoms with E-state index in [0.717, 1.165) is 0 Å². The highest BCUT2D eigenvalue weighted by atomic mass is 15.3. The number of unbranched alkanes of at least 4 members (excludes halogenated alkanes) is 1. The minimum absolute atomic E-state index is 0.692. The molecule has 114 valence electrons. The molecule has 0 amide bonds. The molecule has 1 rings (SSSR count). The van der Waals surface area contributed by atoms with Crippen molar-refractivity contribution in [3.05, 3.63) is 0 Å². The van der Waals surface area contributed by atoms with Gasteiger partial charge in [-0.2, -0.15) is 0 Å². The van der Waals surface area contributed by atoms with Gasteiger partial charge >= 0.3 is 0 Å². The Morgan fingerprint density at radius 3 is 2.26 bits per heavy atom. The molecule has 19 heavy (non-hydrogen) atoms. The van der Waals surface area contributed by atoms with Crippen molar-refractivity contribution in [3.63, 3.8) is 0 Å². The lowest BCUT2D eigenvalue weighted by Gasteiger charge is -2.37. The zero-order valence-electron chi connectivity index (χ0n) is 13.6. The summed E-state index contributed by atoms with van der Waals surface area (Å²) in [6.07, 6.45) is 5.29. The van der Waals surface area contributed by atoms with E-state index in [1.165, 1.54) is 65.0 Å². The molecule has 3 nitrogen and oxygen atoms in total. The maximum absolute atomic E-state index is 3.57. The predicted octanol–water partition coefficient (Wildman–Crippen LogP) is 2.57. The molecular formula is C16H35N3. The van der Waals surface area contributed by atoms with Crippen LogP contribution in [0.25, 0.3) is 0 Å². The lowest BCUT2D eigenvalue weighted by Crippen LogP contribution is -2.48. The predicted molar refractivity (Wildman–Crippen MR) is 84.8 cm³/mol. The van der Waals surface area contributed by atoms with E-state index >= 15 is 0 Å². The van der Waals surface area contributed by atoms with Crippen LogP contribution < -0.4 is 5.32 Å². The van der Waals surface area contributed by atoms with E-state index < -0.39 is 0 Å². The molecular weight excluding hydrogens is 234 g/mol. The van der Waals surface area contributed by atoms with Crippen LogP contribution in [0, 0.1) is 0 Å². The van der Waals surface area contributed by atoms with Crippen molar-refractivity contribution < 1.29 is 0 Å². The molecule has 1 fully saturated rings. The smallest absolute Gasteiger partial charge is 0.0113 e. The standard InChI is InChI=1S/C16H35N3/c1-5-9-17-16(4)8-6-7-10-18-11-13-19(14-12-18)15(2)3/h15-17H,5-14H2,1-4H3. The number of nitrogens with one attached hydrogen (secondary N) is 1. The van der Waals surface area contributed by atoms with Gasteiger partial charge in [0, 0.05) is 38.3 Å². The van der Waals surface area contributed by atoms with Crippen molar-refractivity contribution in [2.75, 3.05) is 39.3 Å². The van der Waals surface area contributed by atoms with E-state index in [9.17, 15) is 0 Å². The van der Waals surface area contributed by atoms with E-state index in [0.29, 0.717) is 12.1 Å². The summed E-state index contributed by atoms with van der Waals surface area (Å²) in [6.45, 7) is 16.7. The maximum Gasteiger partial charge on any atom is 0.0113 e. The molecule has 1 aliphatic rings. The van der Waals surface area contributed by atoms with Gasteiger partial charge in [0.05, 0.1) is 0 Å². The van der Waals surface area contributed by atoms with Gasteiger partial charge in [-0.05, 0) is 53.1 Å². The van der Waals surface area contributed by atoms with Gasteiger partial charge in [-0.15, -0.1) is 0 Å². The third kappa shape index (κ3) is 7.28. The molecule has 1 saturated heterocycles. The number of nitrogens with zero attached hydrogens (tertiary/aromatic N) is 2. The van der Waals surface area contributed by atoms with Gasteiger partial charge < -0.3 is 10.2 Å². The molecule has 1 heterocycles. The second-order valence-corrected chi connectivity index (χ2v) is 6.32. The fraction of sp³-hybridized carbons (Fsp3) is 1.00. The third-order valence-electron chi connectivity index (χ3n) is 4.24. The first kappa shape index (κ1) is 16.9. The fourth-order valence-corrected chi connectivity index (χ4v) is 2.78. The first-order valence-electron chi connectivity index (χ1n) is 8.33. The van der Waals surface area contributed by atoms with Crippen molar-refractivity contribution in [2.45, 2.75) is 65.5 Å². The summed E-state index contributed by atoms with van der Waals surface area (Å²) in [5.41, 5.74) is 0. The van der Waals surface area contributed by atoms with Gasteiger partial charge in [0.25, 0.3) is 0 Å². The second-order valence-electron chi connectivity index (χ2n) is 6.32. The van der Waals surface area contributed by atoms with Crippen LogP contribution in [0.2, 0.25) is 0 Å². The zero-order chi connectivity index (χ0) is 14.1. The van der Waals surface area contributed by atoms with Crippen LogP contribution >= 0.6 is 0 Å². The molecule has 0 radical (unpaired) electrons. The molecule has 0 saturated carbocycles. The van der Waals surface area contributed by atoms with Crippen LogP contribution in [0.1, 0.15) is 53.4 Å². The normalized spacial score (nSPS) is 20.1. The molecule has 0 aromatic heterocycles. The topological polar surface area (TPSA) is 18.5 Å². The quantitative estimate of drug-likeness (QED) is 0.649. The van der Waals surface area contributed by atoms with E-state index in [2.05, 4.69) is 42.8 Å². The monoisotopic (exact) mass is 269 g/mol. The van der Waals surface area contributed by atoms with Crippen molar-refractivity contribution in [1.82, 2.24) is 15.1 Å². The summed E-state index contributed by atoms with van der Waals surface area (Å²) >= 11 is 0. The highest BCUT2D eigenvalue weighted by molar-refractivity contribution is 4.74. The molecule has 0 spiro atoms. The Labute approximate surface area is 120 Å². The number of rotatable bonds is 9. The minimum Gasteiger partial charge on any atom is -0.314 e. The number of hydrogen-bond acceptors (Lipinski definition) is 3. The first-order valence-corrected chi connectivity index (χ1v) is 8.33. The van der Waals surface area contributed by atoms with Crippen molar-refractivity contribution in [3.8, 4) is 0 Å². The lowest BCUT2D eigenvalue weighted by atomic mass is 10.1. The Morgan fingerprint density at radius 2 is 1.68 bits per heavy atom. The summed E-state index contributed by atoms with van der Waals surface area (Å²) < 4.78 is 0. The van der Waals surface area contributed by atoms with Gasteiger partial charge in [-0.25, -0.2) is 0 Å². The molecule has 0 aromatic rings. The van der Waals surface area contributed by atoms with Crippen molar-refractivity contribution in [2.24, 2.45) is 0 Å². The molecule has 0 bridgehead atoms. The Bertz CT molecular complexity index is 210. The van der Waals surface area contributed by atoms with Gasteiger partial charge in [0.2, 0.25) is 0 Å². The molecule has 0 aromatic carbocycles. The van der Waals surface area contributed by atoms with Crippen molar-refractivity contribution >= 4 is 0 Å². The lowest BCUT2D eigenvalue weighted by molar-refractivity contribution is 0.107. The summed E-state index contributed by atoms with van der Waals surface area (Å²) in [4.78, 5) is 5.23. The van der Waals surface area contributed by atoms with Crippen LogP contribution in [-0.2, 0) is 0 Å². The highest BCUT2D eigenvalue weighted by Crippen LogP contribution is 2.08. The van der Waals surface area contributed by atoms with Crippen LogP contribution in [0.5, 0.6) is 0 Å². The van der Waals surface area contributed by atoms with E-state index in [1.54, 1.807) is 0 Å². The van der Waals surface area contributed by atoms with E-state index in [4.69, 9.17) is 0 Å². The van der Waals surface area contributed by atoms with Crippen LogP contribution in [0.4, 0.5) is 0 Å². The summed E-state index contributed by atoms with van der Waals surface area (Å²) in [6, 6.07) is 1.41. The number of piperazine rings is 1. The third-order valence-corrected chi connectivity index (χ3v) is 4.24. The molecule has 3 heteroatoms. The van der Waals surface area contributed by atoms with Crippen molar-refractivity contribution in [1.29, 1.82) is 0 Å². The first-order chi connectivity index (χ1) is 9.13. The Balaban J connectivity index is 1.99. The molecule has 1 unspecified atom stereocenters. The van der Waals surface area contributed by atoms with E-state index in [-0.39, 0.29) is 0 Å². The van der Waals surface area contributed by atoms with Gasteiger partial charge in [-0.3, -0.25) is 4.90 Å². The van der Waals surface area contributed by atoms with Gasteiger partial charge in [0.15, 0.2) is 0 Å². The average Bonchev–Trinajstić information content (AvgIpc) is 2.41. The Kier molecular flexibility index (Phi) is 8.67. The summed E-state index contributed by atoms with van der Waals surface area (Å²) in [5.74, 6) is 0. The molecule has 1 aliphatic heterocycles. The van der Waals surface area contributed by atoms with Crippen LogP contribution in [-0.4, -0.2) is 61.2 Å². The minimum atomic E-state index is 0.692. The molecule has 0 aliphatic carbocycles. The fourth-order valence-electron chi connectivity index (χ4n) is 2.78. The van der Waals surface area contributed by atoms with Gasteiger partial charge in [0.1, 0.15) is 0 Å². The largest absolute Gasteiger partial charge is 0.314 e. The summed E-state index contributed by atoms with van der Waals surface area (Å²) in [5, 5.41) is 3.57. The molecule has 1 atom stereocenters. The van der Waals surface area contributed by atoms with Crippen LogP contribution in [0.3, 0.4) is 0 Å².